The van der Waals surface area contributed by atoms with Crippen LogP contribution in [-0.2, 0) is 6.54 Å². The first-order valence-corrected chi connectivity index (χ1v) is 9.08. The molecule has 1 aromatic rings. The van der Waals surface area contributed by atoms with E-state index in [1.165, 1.54) is 31.5 Å². The molecule has 0 bridgehead atoms. The number of methoxy groups -OCH3 is 1. The van der Waals surface area contributed by atoms with E-state index in [0.29, 0.717) is 6.54 Å². The number of rotatable bonds is 7. The number of ether oxygens (including phenoxy) is 1. The molecule has 1 aliphatic rings. The smallest absolute Gasteiger partial charge is 0.191 e. The van der Waals surface area contributed by atoms with Gasteiger partial charge in [0.25, 0.3) is 0 Å². The van der Waals surface area contributed by atoms with Crippen molar-refractivity contribution in [1.29, 1.82) is 0 Å². The molecule has 1 aliphatic heterocycles. The van der Waals surface area contributed by atoms with E-state index in [2.05, 4.69) is 46.5 Å². The summed E-state index contributed by atoms with van der Waals surface area (Å²) in [5.41, 5.74) is 1.18. The van der Waals surface area contributed by atoms with E-state index in [1.54, 1.807) is 7.11 Å². The largest absolute Gasteiger partial charge is 0.497 e. The number of benzene rings is 1. The van der Waals surface area contributed by atoms with Gasteiger partial charge in [-0.3, -0.25) is 0 Å². The molecule has 0 spiro atoms. The van der Waals surface area contributed by atoms with Crippen LogP contribution in [-0.4, -0.2) is 50.7 Å². The average molecular weight is 332 g/mol. The number of nitrogens with one attached hydrogen (secondary N) is 2. The molecule has 1 heterocycles. The Kier molecular flexibility index (Phi) is 7.89. The molecule has 0 radical (unpaired) electrons. The minimum atomic E-state index is 0.667. The van der Waals surface area contributed by atoms with E-state index in [-0.39, 0.29) is 0 Å². The summed E-state index contributed by atoms with van der Waals surface area (Å²) in [5, 5.41) is 6.76. The van der Waals surface area contributed by atoms with Gasteiger partial charge in [-0.1, -0.05) is 19.1 Å². The predicted molar refractivity (Wildman–Crippen MR) is 101 cm³/mol. The summed E-state index contributed by atoms with van der Waals surface area (Å²) in [5.74, 6) is 2.65. The van der Waals surface area contributed by atoms with Crippen molar-refractivity contribution in [1.82, 2.24) is 15.5 Å². The Morgan fingerprint density at radius 1 is 1.21 bits per heavy atom. The highest BCUT2D eigenvalue weighted by molar-refractivity contribution is 5.79. The van der Waals surface area contributed by atoms with Crippen LogP contribution in [0.2, 0.25) is 0 Å². The predicted octanol–water partition coefficient (Wildman–Crippen LogP) is 2.48. The zero-order valence-electron chi connectivity index (χ0n) is 15.3. The van der Waals surface area contributed by atoms with Gasteiger partial charge < -0.3 is 20.3 Å². The lowest BCUT2D eigenvalue weighted by molar-refractivity contribution is 0.195. The maximum absolute atomic E-state index is 5.19. The van der Waals surface area contributed by atoms with Gasteiger partial charge in [0.15, 0.2) is 5.96 Å². The molecule has 0 unspecified atom stereocenters. The quantitative estimate of drug-likeness (QED) is 0.595. The number of hydrogen-bond donors (Lipinski definition) is 2. The number of nitrogens with zero attached hydrogens (tertiary/aromatic N) is 2. The minimum Gasteiger partial charge on any atom is -0.497 e. The molecule has 2 N–H and O–H groups in total. The summed E-state index contributed by atoms with van der Waals surface area (Å²) in [6.07, 6.45) is 2.65. The highest BCUT2D eigenvalue weighted by Crippen LogP contribution is 2.15. The molecule has 0 saturated carbocycles. The Labute approximate surface area is 146 Å². The van der Waals surface area contributed by atoms with Crippen LogP contribution in [0.3, 0.4) is 0 Å². The molecule has 5 heteroatoms. The lowest BCUT2D eigenvalue weighted by Gasteiger charge is -2.30. The topological polar surface area (TPSA) is 48.9 Å². The molecule has 2 rings (SSSR count). The van der Waals surface area contributed by atoms with E-state index in [4.69, 9.17) is 4.74 Å². The fourth-order valence-corrected chi connectivity index (χ4v) is 2.86. The lowest BCUT2D eigenvalue weighted by Crippen LogP contribution is -2.43. The van der Waals surface area contributed by atoms with Gasteiger partial charge >= 0.3 is 0 Å². The van der Waals surface area contributed by atoms with Crippen molar-refractivity contribution in [3.05, 3.63) is 29.8 Å². The Bertz CT molecular complexity index is 493. The maximum Gasteiger partial charge on any atom is 0.191 e. The average Bonchev–Trinajstić information content (AvgIpc) is 2.62. The van der Waals surface area contributed by atoms with Crippen molar-refractivity contribution in [3.8, 4) is 5.75 Å². The van der Waals surface area contributed by atoms with Gasteiger partial charge in [-0.05, 0) is 56.5 Å². The molecular weight excluding hydrogens is 300 g/mol. The molecular formula is C19H32N4O. The fourth-order valence-electron chi connectivity index (χ4n) is 2.86. The lowest BCUT2D eigenvalue weighted by atomic mass is 9.99. The Balaban J connectivity index is 1.77. The van der Waals surface area contributed by atoms with Gasteiger partial charge in [0.1, 0.15) is 5.75 Å². The standard InChI is InChI=1S/C19H32N4O/c1-4-20-19(21-11-14-23-12-9-16(2)10-13-23)22-15-17-5-7-18(24-3)8-6-17/h5-8,16H,4,9-15H2,1-3H3,(H2,20,21,22). The minimum absolute atomic E-state index is 0.667. The van der Waals surface area contributed by atoms with Crippen LogP contribution in [0.15, 0.2) is 29.3 Å². The third-order valence-electron chi connectivity index (χ3n) is 4.52. The van der Waals surface area contributed by atoms with Gasteiger partial charge in [-0.25, -0.2) is 4.99 Å². The summed E-state index contributed by atoms with van der Waals surface area (Å²) in [4.78, 5) is 7.21. The molecule has 134 valence electrons. The van der Waals surface area contributed by atoms with Gasteiger partial charge in [-0.15, -0.1) is 0 Å². The van der Waals surface area contributed by atoms with Crippen molar-refractivity contribution < 1.29 is 4.74 Å². The fraction of sp³-hybridized carbons (Fsp3) is 0.632. The molecule has 0 amide bonds. The summed E-state index contributed by atoms with van der Waals surface area (Å²) >= 11 is 0. The second-order valence-electron chi connectivity index (χ2n) is 6.49. The van der Waals surface area contributed by atoms with Crippen LogP contribution >= 0.6 is 0 Å². The van der Waals surface area contributed by atoms with Crippen molar-refractivity contribution in [2.45, 2.75) is 33.2 Å². The van der Waals surface area contributed by atoms with Gasteiger partial charge in [-0.2, -0.15) is 0 Å². The second kappa shape index (κ2) is 10.2. The molecule has 1 aromatic carbocycles. The Morgan fingerprint density at radius 2 is 1.92 bits per heavy atom. The van der Waals surface area contributed by atoms with E-state index in [0.717, 1.165) is 37.3 Å². The highest BCUT2D eigenvalue weighted by atomic mass is 16.5. The van der Waals surface area contributed by atoms with E-state index < -0.39 is 0 Å². The molecule has 1 fully saturated rings. The second-order valence-corrected chi connectivity index (χ2v) is 6.49. The molecule has 1 saturated heterocycles. The molecule has 5 nitrogen and oxygen atoms in total. The number of hydrogen-bond acceptors (Lipinski definition) is 3. The SMILES string of the molecule is CCNC(=NCc1ccc(OC)cc1)NCCN1CCC(C)CC1. The van der Waals surface area contributed by atoms with E-state index in [1.807, 2.05) is 12.1 Å². The zero-order chi connectivity index (χ0) is 17.2. The highest BCUT2D eigenvalue weighted by Gasteiger charge is 2.14. The van der Waals surface area contributed by atoms with Crippen molar-refractivity contribution >= 4 is 5.96 Å². The van der Waals surface area contributed by atoms with Gasteiger partial charge in [0.2, 0.25) is 0 Å². The first-order chi connectivity index (χ1) is 11.7. The molecule has 0 atom stereocenters. The normalized spacial score (nSPS) is 16.9. The third-order valence-corrected chi connectivity index (χ3v) is 4.52. The maximum atomic E-state index is 5.19. The van der Waals surface area contributed by atoms with Crippen LogP contribution in [0.4, 0.5) is 0 Å². The number of piperidine rings is 1. The number of aliphatic imine (C=N–C) groups is 1. The van der Waals surface area contributed by atoms with Crippen LogP contribution in [0.25, 0.3) is 0 Å². The summed E-state index contributed by atoms with van der Waals surface area (Å²) in [6, 6.07) is 8.06. The van der Waals surface area contributed by atoms with Crippen LogP contribution in [0, 0.1) is 5.92 Å². The number of likely N-dealkylation sites (tertiary alicyclic amines) is 1. The van der Waals surface area contributed by atoms with E-state index in [9.17, 15) is 0 Å². The first kappa shape index (κ1) is 18.6. The molecule has 0 aliphatic carbocycles. The summed E-state index contributed by atoms with van der Waals surface area (Å²) < 4.78 is 5.19. The third kappa shape index (κ3) is 6.40. The van der Waals surface area contributed by atoms with Crippen molar-refractivity contribution in [2.75, 3.05) is 39.8 Å². The molecule has 24 heavy (non-hydrogen) atoms. The van der Waals surface area contributed by atoms with Crippen LogP contribution < -0.4 is 15.4 Å². The first-order valence-electron chi connectivity index (χ1n) is 9.08. The summed E-state index contributed by atoms with van der Waals surface area (Å²) in [6.45, 7) is 10.4. The molecule has 0 aromatic heterocycles. The van der Waals surface area contributed by atoms with Crippen LogP contribution in [0.1, 0.15) is 32.3 Å². The zero-order valence-corrected chi connectivity index (χ0v) is 15.3. The van der Waals surface area contributed by atoms with Crippen molar-refractivity contribution in [2.24, 2.45) is 10.9 Å². The number of guanidine groups is 1. The van der Waals surface area contributed by atoms with Gasteiger partial charge in [0.05, 0.1) is 13.7 Å². The Morgan fingerprint density at radius 3 is 2.54 bits per heavy atom. The van der Waals surface area contributed by atoms with Gasteiger partial charge in [0, 0.05) is 19.6 Å². The monoisotopic (exact) mass is 332 g/mol. The van der Waals surface area contributed by atoms with Crippen LogP contribution in [0.5, 0.6) is 5.75 Å². The van der Waals surface area contributed by atoms with Crippen molar-refractivity contribution in [3.63, 3.8) is 0 Å². The summed E-state index contributed by atoms with van der Waals surface area (Å²) in [7, 11) is 1.68. The van der Waals surface area contributed by atoms with E-state index >= 15 is 0 Å². The Hall–Kier alpha value is -1.75.